The maximum atomic E-state index is 5.95. The summed E-state index contributed by atoms with van der Waals surface area (Å²) in [7, 11) is 0. The molecule has 2 aromatic rings. The third-order valence-corrected chi connectivity index (χ3v) is 4.13. The van der Waals surface area contributed by atoms with Crippen LogP contribution < -0.4 is 10.1 Å². The topological polar surface area (TPSA) is 34.4 Å². The van der Waals surface area contributed by atoms with Gasteiger partial charge in [0.2, 0.25) is 0 Å². The van der Waals surface area contributed by atoms with E-state index in [2.05, 4.69) is 60.2 Å². The lowest BCUT2D eigenvalue weighted by Gasteiger charge is -2.17. The van der Waals surface area contributed by atoms with Crippen LogP contribution in [-0.2, 0) is 6.42 Å². The van der Waals surface area contributed by atoms with Crippen LogP contribution in [0.1, 0.15) is 43.7 Å². The molecule has 0 saturated carbocycles. The Hall–Kier alpha value is -1.26. The van der Waals surface area contributed by atoms with Gasteiger partial charge in [-0.25, -0.2) is 0 Å². The van der Waals surface area contributed by atoms with E-state index in [1.165, 1.54) is 11.1 Å². The summed E-state index contributed by atoms with van der Waals surface area (Å²) >= 11 is 3.37. The molecule has 0 saturated heterocycles. The largest absolute Gasteiger partial charge is 0.487 e. The zero-order chi connectivity index (χ0) is 15.0. The highest BCUT2D eigenvalue weighted by Crippen LogP contribution is 2.37. The quantitative estimate of drug-likeness (QED) is 0.884. The molecule has 0 radical (unpaired) electrons. The van der Waals surface area contributed by atoms with Crippen LogP contribution in [0.2, 0.25) is 0 Å². The Balaban J connectivity index is 1.95. The fourth-order valence-corrected chi connectivity index (χ4v) is 3.20. The molecule has 1 N–H and O–H groups in total. The van der Waals surface area contributed by atoms with Gasteiger partial charge in [-0.3, -0.25) is 0 Å². The van der Waals surface area contributed by atoms with E-state index in [0.29, 0.717) is 0 Å². The molecule has 0 bridgehead atoms. The summed E-state index contributed by atoms with van der Waals surface area (Å²) in [5.41, 5.74) is 2.37. The Morgan fingerprint density at radius 2 is 2.10 bits per heavy atom. The molecule has 0 fully saturated rings. The lowest BCUT2D eigenvalue weighted by molar-refractivity contribution is 0.138. The van der Waals surface area contributed by atoms with E-state index in [1.54, 1.807) is 0 Å². The van der Waals surface area contributed by atoms with Crippen molar-refractivity contribution in [3.05, 3.63) is 51.9 Å². The predicted octanol–water partition coefficient (Wildman–Crippen LogP) is 4.45. The molecule has 1 atom stereocenters. The van der Waals surface area contributed by atoms with Gasteiger partial charge in [0.25, 0.3) is 0 Å². The highest BCUT2D eigenvalue weighted by Gasteiger charge is 2.30. The van der Waals surface area contributed by atoms with Crippen LogP contribution in [0.25, 0.3) is 0 Å². The van der Waals surface area contributed by atoms with Crippen LogP contribution in [0.15, 0.2) is 39.4 Å². The molecule has 4 heteroatoms. The summed E-state index contributed by atoms with van der Waals surface area (Å²) in [5.74, 6) is 1.92. The lowest BCUT2D eigenvalue weighted by atomic mass is 9.97. The maximum Gasteiger partial charge on any atom is 0.169 e. The molecule has 1 unspecified atom stereocenters. The molecular weight excluding hydrogens is 330 g/mol. The first-order chi connectivity index (χ1) is 9.98. The molecule has 1 aliphatic rings. The van der Waals surface area contributed by atoms with Gasteiger partial charge in [0.15, 0.2) is 4.67 Å². The number of halogens is 1. The number of hydrogen-bond acceptors (Lipinski definition) is 3. The number of furan rings is 1. The molecule has 0 spiro atoms. The number of nitrogens with one attached hydrogen (secondary N) is 1. The van der Waals surface area contributed by atoms with Crippen molar-refractivity contribution < 1.29 is 9.15 Å². The van der Waals surface area contributed by atoms with Crippen LogP contribution in [0.5, 0.6) is 5.75 Å². The minimum Gasteiger partial charge on any atom is -0.487 e. The van der Waals surface area contributed by atoms with Gasteiger partial charge in [-0.2, -0.15) is 0 Å². The maximum absolute atomic E-state index is 5.95. The minimum absolute atomic E-state index is 0.0651. The standard InChI is InChI=1S/C17H20BrNO2/c1-4-19-16(14-7-8-15(18)20-14)11-5-6-13-12(9-11)10-17(2,3)21-13/h5-9,16,19H,4,10H2,1-3H3. The first-order valence-electron chi connectivity index (χ1n) is 7.29. The smallest absolute Gasteiger partial charge is 0.169 e. The Kier molecular flexibility index (Phi) is 3.84. The average molecular weight is 350 g/mol. The molecule has 0 amide bonds. The van der Waals surface area contributed by atoms with Crippen molar-refractivity contribution in [3.63, 3.8) is 0 Å². The summed E-state index contributed by atoms with van der Waals surface area (Å²) in [6.07, 6.45) is 0.941. The number of benzene rings is 1. The van der Waals surface area contributed by atoms with Gasteiger partial charge in [-0.05, 0) is 71.7 Å². The van der Waals surface area contributed by atoms with Crippen molar-refractivity contribution in [1.29, 1.82) is 0 Å². The molecule has 112 valence electrons. The van der Waals surface area contributed by atoms with Crippen LogP contribution in [0.3, 0.4) is 0 Å². The summed E-state index contributed by atoms with van der Waals surface area (Å²) in [5, 5.41) is 3.49. The number of hydrogen-bond donors (Lipinski definition) is 1. The average Bonchev–Trinajstić information content (AvgIpc) is 2.96. The highest BCUT2D eigenvalue weighted by molar-refractivity contribution is 9.10. The second-order valence-corrected chi connectivity index (χ2v) is 6.82. The van der Waals surface area contributed by atoms with E-state index in [0.717, 1.165) is 29.1 Å². The third kappa shape index (κ3) is 3.01. The molecule has 3 nitrogen and oxygen atoms in total. The van der Waals surface area contributed by atoms with Crippen molar-refractivity contribution in [1.82, 2.24) is 5.32 Å². The summed E-state index contributed by atoms with van der Waals surface area (Å²) < 4.78 is 12.4. The lowest BCUT2D eigenvalue weighted by Crippen LogP contribution is -2.24. The van der Waals surface area contributed by atoms with Gasteiger partial charge in [-0.15, -0.1) is 0 Å². The van der Waals surface area contributed by atoms with E-state index in [9.17, 15) is 0 Å². The summed E-state index contributed by atoms with van der Waals surface area (Å²) in [6.45, 7) is 7.23. The fourth-order valence-electron chi connectivity index (χ4n) is 2.88. The highest BCUT2D eigenvalue weighted by atomic mass is 79.9. The molecule has 1 aliphatic heterocycles. The number of fused-ring (bicyclic) bond motifs is 1. The van der Waals surface area contributed by atoms with Crippen molar-refractivity contribution >= 4 is 15.9 Å². The molecule has 0 aliphatic carbocycles. The van der Waals surface area contributed by atoms with Crippen LogP contribution in [0.4, 0.5) is 0 Å². The predicted molar refractivity (Wildman–Crippen MR) is 86.8 cm³/mol. The molecule has 1 aromatic heterocycles. The number of rotatable bonds is 4. The third-order valence-electron chi connectivity index (χ3n) is 3.71. The van der Waals surface area contributed by atoms with Gasteiger partial charge < -0.3 is 14.5 Å². The van der Waals surface area contributed by atoms with Crippen LogP contribution >= 0.6 is 15.9 Å². The van der Waals surface area contributed by atoms with Gasteiger partial charge in [-0.1, -0.05) is 13.0 Å². The molecule has 21 heavy (non-hydrogen) atoms. The molecule has 2 heterocycles. The van der Waals surface area contributed by atoms with Crippen molar-refractivity contribution in [3.8, 4) is 5.75 Å². The van der Waals surface area contributed by atoms with E-state index in [4.69, 9.17) is 9.15 Å². The summed E-state index contributed by atoms with van der Waals surface area (Å²) in [4.78, 5) is 0. The van der Waals surface area contributed by atoms with E-state index >= 15 is 0 Å². The van der Waals surface area contributed by atoms with E-state index < -0.39 is 0 Å². The van der Waals surface area contributed by atoms with Crippen LogP contribution in [-0.4, -0.2) is 12.1 Å². The molecule has 3 rings (SSSR count). The van der Waals surface area contributed by atoms with Crippen molar-refractivity contribution in [2.24, 2.45) is 0 Å². The second kappa shape index (κ2) is 5.50. The van der Waals surface area contributed by atoms with Crippen molar-refractivity contribution in [2.45, 2.75) is 38.8 Å². The molecular formula is C17H20BrNO2. The van der Waals surface area contributed by atoms with Crippen molar-refractivity contribution in [2.75, 3.05) is 6.54 Å². The monoisotopic (exact) mass is 349 g/mol. The van der Waals surface area contributed by atoms with E-state index in [-0.39, 0.29) is 11.6 Å². The zero-order valence-electron chi connectivity index (χ0n) is 12.6. The Morgan fingerprint density at radius 1 is 1.29 bits per heavy atom. The minimum atomic E-state index is -0.109. The zero-order valence-corrected chi connectivity index (χ0v) is 14.2. The Morgan fingerprint density at radius 3 is 2.76 bits per heavy atom. The first-order valence-corrected chi connectivity index (χ1v) is 8.08. The van der Waals surface area contributed by atoms with Gasteiger partial charge in [0, 0.05) is 6.42 Å². The van der Waals surface area contributed by atoms with E-state index in [1.807, 2.05) is 12.1 Å². The van der Waals surface area contributed by atoms with Gasteiger partial charge in [0.05, 0.1) is 6.04 Å². The van der Waals surface area contributed by atoms with Gasteiger partial charge in [0.1, 0.15) is 17.1 Å². The molecule has 1 aromatic carbocycles. The Labute approximate surface area is 133 Å². The second-order valence-electron chi connectivity index (χ2n) is 6.04. The Bertz CT molecular complexity index is 648. The SMILES string of the molecule is CCNC(c1ccc2c(c1)CC(C)(C)O2)c1ccc(Br)o1. The summed E-state index contributed by atoms with van der Waals surface area (Å²) in [6, 6.07) is 10.4. The van der Waals surface area contributed by atoms with Gasteiger partial charge >= 0.3 is 0 Å². The van der Waals surface area contributed by atoms with Crippen LogP contribution in [0, 0.1) is 0 Å². The first kappa shape index (κ1) is 14.7. The number of ether oxygens (including phenoxy) is 1. The normalized spacial score (nSPS) is 17.3. The fraction of sp³-hybridized carbons (Fsp3) is 0.412.